The van der Waals surface area contributed by atoms with Crippen molar-refractivity contribution < 1.29 is 28.6 Å². The van der Waals surface area contributed by atoms with Crippen LogP contribution in [0.25, 0.3) is 0 Å². The third-order valence-corrected chi connectivity index (χ3v) is 12.6. The van der Waals surface area contributed by atoms with Crippen LogP contribution in [0, 0.1) is 0 Å². The number of rotatable bonds is 52. The molecule has 0 unspecified atom stereocenters. The lowest BCUT2D eigenvalue weighted by molar-refractivity contribution is -0.167. The largest absolute Gasteiger partial charge is 0.462 e. The molecule has 380 valence electrons. The van der Waals surface area contributed by atoms with Crippen LogP contribution >= 0.6 is 0 Å². The number of carbonyl (C=O) groups excluding carboxylic acids is 3. The highest BCUT2D eigenvalue weighted by Gasteiger charge is 2.19. The first-order valence-corrected chi connectivity index (χ1v) is 28.5. The van der Waals surface area contributed by atoms with E-state index in [1.54, 1.807) is 0 Å². The summed E-state index contributed by atoms with van der Waals surface area (Å²) in [6.45, 7) is 6.60. The number of ether oxygens (including phenoxy) is 3. The summed E-state index contributed by atoms with van der Waals surface area (Å²) >= 11 is 0. The van der Waals surface area contributed by atoms with Gasteiger partial charge in [0.05, 0.1) is 0 Å². The number of unbranched alkanes of at least 4 members (excludes halogenated alkanes) is 35. The molecule has 0 aliphatic carbocycles. The summed E-state index contributed by atoms with van der Waals surface area (Å²) in [5.74, 6) is -0.877. The molecule has 65 heavy (non-hydrogen) atoms. The van der Waals surface area contributed by atoms with E-state index in [0.29, 0.717) is 19.3 Å². The van der Waals surface area contributed by atoms with Crippen LogP contribution in [0.4, 0.5) is 0 Å². The second kappa shape index (κ2) is 54.2. The molecule has 0 aliphatic heterocycles. The van der Waals surface area contributed by atoms with Gasteiger partial charge in [-0.1, -0.05) is 250 Å². The zero-order valence-corrected chi connectivity index (χ0v) is 43.5. The molecule has 0 spiro atoms. The maximum Gasteiger partial charge on any atom is 0.306 e. The predicted molar refractivity (Wildman–Crippen MR) is 279 cm³/mol. The highest BCUT2D eigenvalue weighted by molar-refractivity contribution is 5.71. The van der Waals surface area contributed by atoms with Crippen molar-refractivity contribution in [2.24, 2.45) is 0 Å². The molecule has 0 saturated carbocycles. The number of carbonyl (C=O) groups is 3. The fourth-order valence-electron chi connectivity index (χ4n) is 8.28. The van der Waals surface area contributed by atoms with Crippen molar-refractivity contribution in [3.63, 3.8) is 0 Å². The van der Waals surface area contributed by atoms with Crippen molar-refractivity contribution in [2.75, 3.05) is 13.2 Å². The summed E-state index contributed by atoms with van der Waals surface area (Å²) in [6.07, 6.45) is 64.2. The molecule has 0 aromatic rings. The van der Waals surface area contributed by atoms with Crippen molar-refractivity contribution in [3.05, 3.63) is 36.5 Å². The predicted octanol–water partition coefficient (Wildman–Crippen LogP) is 18.9. The molecule has 0 saturated heterocycles. The smallest absolute Gasteiger partial charge is 0.306 e. The summed E-state index contributed by atoms with van der Waals surface area (Å²) in [4.78, 5) is 38.1. The van der Waals surface area contributed by atoms with E-state index in [4.69, 9.17) is 14.2 Å². The van der Waals surface area contributed by atoms with E-state index in [1.165, 1.54) is 186 Å². The van der Waals surface area contributed by atoms with Crippen LogP contribution in [0.5, 0.6) is 0 Å². The van der Waals surface area contributed by atoms with E-state index in [-0.39, 0.29) is 31.1 Å². The van der Waals surface area contributed by atoms with Crippen LogP contribution in [0.1, 0.15) is 303 Å². The number of esters is 3. The number of hydrogen-bond donors (Lipinski definition) is 0. The molecule has 0 rings (SSSR count). The highest BCUT2D eigenvalue weighted by Crippen LogP contribution is 2.17. The van der Waals surface area contributed by atoms with E-state index >= 15 is 0 Å². The standard InChI is InChI=1S/C59H108O6/c1-4-7-10-13-16-19-22-24-26-28-29-31-33-35-38-41-44-47-50-53-59(62)65-56(54-63-57(60)51-48-45-42-39-36-21-18-15-12-9-6-3)55-64-58(61)52-49-46-43-40-37-34-32-30-27-25-23-20-17-14-11-8-5-2/h15,17-18,20,25,27,56H,4-14,16,19,21-24,26,28-55H2,1-3H3/b18-15-,20-17-,27-25-/t56-/m0/s1. The molecule has 0 bridgehead atoms. The first-order chi connectivity index (χ1) is 32.0. The highest BCUT2D eigenvalue weighted by atomic mass is 16.6. The van der Waals surface area contributed by atoms with Crippen LogP contribution in [0.2, 0.25) is 0 Å². The van der Waals surface area contributed by atoms with Gasteiger partial charge >= 0.3 is 17.9 Å². The van der Waals surface area contributed by atoms with Gasteiger partial charge < -0.3 is 14.2 Å². The molecule has 0 aromatic carbocycles. The number of allylic oxidation sites excluding steroid dienone is 6. The SMILES string of the molecule is CCCC/C=C\CCCCCCCC(=O)OC[C@@H](COC(=O)CCCCCCCCC/C=C\C/C=C\CCCCC)OC(=O)CCCCCCCCCCCCCCCCCCCCC. The van der Waals surface area contributed by atoms with Crippen molar-refractivity contribution in [3.8, 4) is 0 Å². The summed E-state index contributed by atoms with van der Waals surface area (Å²) in [5.41, 5.74) is 0. The molecule has 0 amide bonds. The zero-order chi connectivity index (χ0) is 47.2. The minimum absolute atomic E-state index is 0.0758. The molecule has 0 fully saturated rings. The van der Waals surface area contributed by atoms with Crippen LogP contribution < -0.4 is 0 Å². The third-order valence-electron chi connectivity index (χ3n) is 12.6. The van der Waals surface area contributed by atoms with Gasteiger partial charge in [0.1, 0.15) is 13.2 Å². The Hall–Kier alpha value is -2.37. The Kier molecular flexibility index (Phi) is 52.3. The molecule has 0 heterocycles. The Labute approximate surface area is 404 Å². The minimum Gasteiger partial charge on any atom is -0.462 e. The van der Waals surface area contributed by atoms with Gasteiger partial charge in [-0.25, -0.2) is 0 Å². The third kappa shape index (κ3) is 52.5. The van der Waals surface area contributed by atoms with Gasteiger partial charge in [-0.05, 0) is 70.6 Å². The Morgan fingerprint density at radius 2 is 0.569 bits per heavy atom. The summed E-state index contributed by atoms with van der Waals surface area (Å²) in [6, 6.07) is 0. The lowest BCUT2D eigenvalue weighted by atomic mass is 10.0. The monoisotopic (exact) mass is 913 g/mol. The first-order valence-electron chi connectivity index (χ1n) is 28.5. The quantitative estimate of drug-likeness (QED) is 0.0262. The minimum atomic E-state index is -0.775. The second-order valence-corrected chi connectivity index (χ2v) is 19.2. The van der Waals surface area contributed by atoms with Gasteiger partial charge in [0, 0.05) is 19.3 Å². The lowest BCUT2D eigenvalue weighted by Crippen LogP contribution is -2.30. The van der Waals surface area contributed by atoms with Crippen LogP contribution in [0.15, 0.2) is 36.5 Å². The Morgan fingerprint density at radius 1 is 0.308 bits per heavy atom. The molecule has 0 radical (unpaired) electrons. The van der Waals surface area contributed by atoms with Crippen molar-refractivity contribution in [2.45, 2.75) is 309 Å². The summed E-state index contributed by atoms with van der Waals surface area (Å²) in [5, 5.41) is 0. The average molecular weight is 914 g/mol. The lowest BCUT2D eigenvalue weighted by Gasteiger charge is -2.18. The van der Waals surface area contributed by atoms with E-state index < -0.39 is 6.10 Å². The fraction of sp³-hybridized carbons (Fsp3) is 0.847. The van der Waals surface area contributed by atoms with Crippen LogP contribution in [-0.2, 0) is 28.6 Å². The topological polar surface area (TPSA) is 78.9 Å². The normalized spacial score (nSPS) is 12.2. The Balaban J connectivity index is 4.31. The zero-order valence-electron chi connectivity index (χ0n) is 43.5. The molecule has 0 aromatic heterocycles. The summed E-state index contributed by atoms with van der Waals surface area (Å²) < 4.78 is 16.8. The fourth-order valence-corrected chi connectivity index (χ4v) is 8.28. The molecule has 6 heteroatoms. The van der Waals surface area contributed by atoms with E-state index in [9.17, 15) is 14.4 Å². The number of hydrogen-bond acceptors (Lipinski definition) is 6. The van der Waals surface area contributed by atoms with Gasteiger partial charge in [-0.15, -0.1) is 0 Å². The van der Waals surface area contributed by atoms with E-state index in [0.717, 1.165) is 77.0 Å². The first kappa shape index (κ1) is 62.6. The summed E-state index contributed by atoms with van der Waals surface area (Å²) in [7, 11) is 0. The van der Waals surface area contributed by atoms with Gasteiger partial charge in [0.2, 0.25) is 0 Å². The second-order valence-electron chi connectivity index (χ2n) is 19.2. The van der Waals surface area contributed by atoms with Gasteiger partial charge in [-0.3, -0.25) is 14.4 Å². The van der Waals surface area contributed by atoms with Gasteiger partial charge in [-0.2, -0.15) is 0 Å². The maximum atomic E-state index is 12.8. The molecule has 6 nitrogen and oxygen atoms in total. The Morgan fingerprint density at radius 3 is 0.938 bits per heavy atom. The average Bonchev–Trinajstić information content (AvgIpc) is 3.30. The van der Waals surface area contributed by atoms with Gasteiger partial charge in [0.15, 0.2) is 6.10 Å². The Bertz CT molecular complexity index is 1090. The molecular weight excluding hydrogens is 805 g/mol. The van der Waals surface area contributed by atoms with Crippen molar-refractivity contribution >= 4 is 17.9 Å². The molecular formula is C59H108O6. The van der Waals surface area contributed by atoms with Crippen LogP contribution in [-0.4, -0.2) is 37.2 Å². The van der Waals surface area contributed by atoms with Crippen molar-refractivity contribution in [1.82, 2.24) is 0 Å². The maximum absolute atomic E-state index is 12.8. The van der Waals surface area contributed by atoms with Crippen molar-refractivity contribution in [1.29, 1.82) is 0 Å². The molecule has 1 atom stereocenters. The van der Waals surface area contributed by atoms with Gasteiger partial charge in [0.25, 0.3) is 0 Å². The molecule has 0 aliphatic rings. The molecule has 0 N–H and O–H groups in total. The van der Waals surface area contributed by atoms with Crippen LogP contribution in [0.3, 0.4) is 0 Å². The van der Waals surface area contributed by atoms with E-state index in [2.05, 4.69) is 57.2 Å². The van der Waals surface area contributed by atoms with E-state index in [1.807, 2.05) is 0 Å².